The molecule has 26 heavy (non-hydrogen) atoms. The number of nitrogens with one attached hydrogen (secondary N) is 1. The third kappa shape index (κ3) is 5.30. The number of alkyl halides is 2. The van der Waals surface area contributed by atoms with Crippen LogP contribution in [0.15, 0.2) is 36.5 Å². The maximum absolute atomic E-state index is 12.5. The lowest BCUT2D eigenvalue weighted by Gasteiger charge is -2.13. The number of carbonyl (C=O) groups is 1. The van der Waals surface area contributed by atoms with Crippen LogP contribution in [0.3, 0.4) is 0 Å². The summed E-state index contributed by atoms with van der Waals surface area (Å²) in [7, 11) is 5.06. The number of hydrogen-bond donors (Lipinski definition) is 1. The predicted molar refractivity (Wildman–Crippen MR) is 94.2 cm³/mol. The molecule has 0 saturated heterocycles. The van der Waals surface area contributed by atoms with Crippen molar-refractivity contribution in [2.45, 2.75) is 13.0 Å². The standard InChI is InChI=1S/C18H21F2N3O3/c1-23(2)16-11-13(7-9-21-16)17(24)22-8-6-12-4-5-14(25-3)15(10-12)26-18(19)20/h4-5,7,9-11,18H,6,8H2,1-3H3,(H,22,24). The minimum absolute atomic E-state index is 0.0314. The van der Waals surface area contributed by atoms with Crippen molar-refractivity contribution in [1.29, 1.82) is 0 Å². The van der Waals surface area contributed by atoms with Gasteiger partial charge < -0.3 is 19.7 Å². The Labute approximate surface area is 150 Å². The molecule has 1 aromatic carbocycles. The first-order chi connectivity index (χ1) is 12.4. The first kappa shape index (κ1) is 19.4. The zero-order chi connectivity index (χ0) is 19.1. The molecule has 0 spiro atoms. The average molecular weight is 365 g/mol. The molecule has 1 heterocycles. The van der Waals surface area contributed by atoms with Gasteiger partial charge in [-0.15, -0.1) is 0 Å². The number of hydrogen-bond acceptors (Lipinski definition) is 5. The quantitative estimate of drug-likeness (QED) is 0.779. The second kappa shape index (κ2) is 8.98. The lowest BCUT2D eigenvalue weighted by atomic mass is 10.1. The van der Waals surface area contributed by atoms with Crippen molar-refractivity contribution in [3.8, 4) is 11.5 Å². The number of aromatic nitrogens is 1. The molecule has 0 unspecified atom stereocenters. The molecule has 2 rings (SSSR count). The number of carbonyl (C=O) groups excluding carboxylic acids is 1. The van der Waals surface area contributed by atoms with E-state index >= 15 is 0 Å². The largest absolute Gasteiger partial charge is 0.493 e. The van der Waals surface area contributed by atoms with Gasteiger partial charge in [-0.25, -0.2) is 4.98 Å². The highest BCUT2D eigenvalue weighted by Gasteiger charge is 2.12. The van der Waals surface area contributed by atoms with Gasteiger partial charge in [0.2, 0.25) is 0 Å². The first-order valence-electron chi connectivity index (χ1n) is 7.94. The molecular formula is C18H21F2N3O3. The molecule has 140 valence electrons. The van der Waals surface area contributed by atoms with Crippen LogP contribution in [0, 0.1) is 0 Å². The van der Waals surface area contributed by atoms with Crippen molar-refractivity contribution in [2.75, 3.05) is 32.6 Å². The molecule has 6 nitrogen and oxygen atoms in total. The number of rotatable bonds is 8. The zero-order valence-corrected chi connectivity index (χ0v) is 14.8. The molecule has 0 bridgehead atoms. The van der Waals surface area contributed by atoms with Gasteiger partial charge in [0.25, 0.3) is 5.91 Å². The van der Waals surface area contributed by atoms with E-state index < -0.39 is 6.61 Å². The molecule has 1 N–H and O–H groups in total. The molecule has 1 aromatic heterocycles. The van der Waals surface area contributed by atoms with Gasteiger partial charge in [-0.05, 0) is 36.2 Å². The minimum atomic E-state index is -2.93. The van der Waals surface area contributed by atoms with Crippen LogP contribution in [0.5, 0.6) is 11.5 Å². The topological polar surface area (TPSA) is 63.7 Å². The third-order valence-corrected chi connectivity index (χ3v) is 3.61. The summed E-state index contributed by atoms with van der Waals surface area (Å²) < 4.78 is 34.4. The number of methoxy groups -OCH3 is 1. The molecule has 0 radical (unpaired) electrons. The third-order valence-electron chi connectivity index (χ3n) is 3.61. The van der Waals surface area contributed by atoms with E-state index in [1.54, 1.807) is 35.4 Å². The van der Waals surface area contributed by atoms with E-state index in [9.17, 15) is 13.6 Å². The van der Waals surface area contributed by atoms with Crippen molar-refractivity contribution < 1.29 is 23.0 Å². The van der Waals surface area contributed by atoms with E-state index in [1.165, 1.54) is 13.2 Å². The predicted octanol–water partition coefficient (Wildman–Crippen LogP) is 2.73. The Morgan fingerprint density at radius 3 is 2.65 bits per heavy atom. The highest BCUT2D eigenvalue weighted by molar-refractivity contribution is 5.94. The molecule has 1 amide bonds. The van der Waals surface area contributed by atoms with Gasteiger partial charge in [-0.1, -0.05) is 6.07 Å². The lowest BCUT2D eigenvalue weighted by molar-refractivity contribution is -0.0512. The molecule has 0 aliphatic rings. The van der Waals surface area contributed by atoms with E-state index in [0.29, 0.717) is 24.3 Å². The molecule has 8 heteroatoms. The first-order valence-corrected chi connectivity index (χ1v) is 7.94. The Morgan fingerprint density at radius 1 is 1.23 bits per heavy atom. The normalized spacial score (nSPS) is 10.5. The molecule has 0 aliphatic heterocycles. The summed E-state index contributed by atoms with van der Waals surface area (Å²) in [5, 5.41) is 2.80. The van der Waals surface area contributed by atoms with Gasteiger partial charge in [0.1, 0.15) is 5.82 Å². The van der Waals surface area contributed by atoms with Gasteiger partial charge in [0, 0.05) is 32.4 Å². The van der Waals surface area contributed by atoms with Crippen molar-refractivity contribution in [1.82, 2.24) is 10.3 Å². The summed E-state index contributed by atoms with van der Waals surface area (Å²) in [6, 6.07) is 8.09. The fraction of sp³-hybridized carbons (Fsp3) is 0.333. The second-order valence-corrected chi connectivity index (χ2v) is 5.67. The van der Waals surface area contributed by atoms with E-state index in [2.05, 4.69) is 15.0 Å². The van der Waals surface area contributed by atoms with Crippen LogP contribution >= 0.6 is 0 Å². The molecule has 0 atom stereocenters. The summed E-state index contributed by atoms with van der Waals surface area (Å²) in [4.78, 5) is 18.2. The lowest BCUT2D eigenvalue weighted by Crippen LogP contribution is -2.26. The monoisotopic (exact) mass is 365 g/mol. The number of ether oxygens (including phenoxy) is 2. The van der Waals surface area contributed by atoms with E-state index in [4.69, 9.17) is 4.74 Å². The summed E-state index contributed by atoms with van der Waals surface area (Å²) in [5.74, 6) is 0.650. The highest BCUT2D eigenvalue weighted by Crippen LogP contribution is 2.29. The van der Waals surface area contributed by atoms with E-state index in [1.807, 2.05) is 14.1 Å². The summed E-state index contributed by atoms with van der Waals surface area (Å²) in [6.45, 7) is -2.59. The Morgan fingerprint density at radius 2 is 2.00 bits per heavy atom. The number of amides is 1. The zero-order valence-electron chi connectivity index (χ0n) is 14.8. The van der Waals surface area contributed by atoms with Crippen LogP contribution in [0.1, 0.15) is 15.9 Å². The molecular weight excluding hydrogens is 344 g/mol. The van der Waals surface area contributed by atoms with Crippen LogP contribution in [-0.4, -0.2) is 45.3 Å². The molecule has 0 saturated carbocycles. The van der Waals surface area contributed by atoms with Crippen LogP contribution in [0.4, 0.5) is 14.6 Å². The molecule has 0 fully saturated rings. The van der Waals surface area contributed by atoms with Crippen molar-refractivity contribution in [2.24, 2.45) is 0 Å². The highest BCUT2D eigenvalue weighted by atomic mass is 19.3. The second-order valence-electron chi connectivity index (χ2n) is 5.67. The fourth-order valence-electron chi connectivity index (χ4n) is 2.29. The number of halogens is 2. The van der Waals surface area contributed by atoms with Crippen LogP contribution in [0.25, 0.3) is 0 Å². The number of anilines is 1. The average Bonchev–Trinajstić information content (AvgIpc) is 2.61. The Bertz CT molecular complexity index is 754. The van der Waals surface area contributed by atoms with Gasteiger partial charge in [-0.2, -0.15) is 8.78 Å². The van der Waals surface area contributed by atoms with E-state index in [-0.39, 0.29) is 17.4 Å². The van der Waals surface area contributed by atoms with Crippen molar-refractivity contribution >= 4 is 11.7 Å². The summed E-state index contributed by atoms with van der Waals surface area (Å²) in [6.07, 6.45) is 2.03. The Balaban J connectivity index is 1.96. The van der Waals surface area contributed by atoms with Gasteiger partial charge >= 0.3 is 6.61 Å². The smallest absolute Gasteiger partial charge is 0.387 e. The Hall–Kier alpha value is -2.90. The minimum Gasteiger partial charge on any atom is -0.493 e. The molecule has 2 aromatic rings. The maximum Gasteiger partial charge on any atom is 0.387 e. The van der Waals surface area contributed by atoms with Crippen molar-refractivity contribution in [3.05, 3.63) is 47.7 Å². The van der Waals surface area contributed by atoms with Gasteiger partial charge in [-0.3, -0.25) is 4.79 Å². The van der Waals surface area contributed by atoms with Crippen LogP contribution in [0.2, 0.25) is 0 Å². The maximum atomic E-state index is 12.5. The molecule has 0 aliphatic carbocycles. The Kier molecular flexibility index (Phi) is 6.71. The van der Waals surface area contributed by atoms with Crippen molar-refractivity contribution in [3.63, 3.8) is 0 Å². The van der Waals surface area contributed by atoms with Gasteiger partial charge in [0.05, 0.1) is 7.11 Å². The van der Waals surface area contributed by atoms with Crippen LogP contribution in [-0.2, 0) is 6.42 Å². The van der Waals surface area contributed by atoms with E-state index in [0.717, 1.165) is 5.56 Å². The summed E-state index contributed by atoms with van der Waals surface area (Å²) >= 11 is 0. The van der Waals surface area contributed by atoms with Gasteiger partial charge in [0.15, 0.2) is 11.5 Å². The number of nitrogens with zero attached hydrogens (tertiary/aromatic N) is 2. The fourth-order valence-corrected chi connectivity index (χ4v) is 2.29. The number of pyridine rings is 1. The SMILES string of the molecule is COc1ccc(CCNC(=O)c2ccnc(N(C)C)c2)cc1OC(F)F. The summed E-state index contributed by atoms with van der Waals surface area (Å²) in [5.41, 5.74) is 1.24. The number of benzene rings is 1. The van der Waals surface area contributed by atoms with Crippen LogP contribution < -0.4 is 19.7 Å².